The summed E-state index contributed by atoms with van der Waals surface area (Å²) in [5.74, 6) is 0.0607. The van der Waals surface area contributed by atoms with Gasteiger partial charge in [0, 0.05) is 18.7 Å². The lowest BCUT2D eigenvalue weighted by atomic mass is 10.1. The molecule has 0 bridgehead atoms. The van der Waals surface area contributed by atoms with E-state index in [1.165, 1.54) is 0 Å². The van der Waals surface area contributed by atoms with E-state index in [2.05, 4.69) is 10.6 Å². The molecular weight excluding hydrogens is 332 g/mol. The van der Waals surface area contributed by atoms with Gasteiger partial charge in [0.25, 0.3) is 11.8 Å². The molecule has 1 aliphatic heterocycles. The van der Waals surface area contributed by atoms with Crippen LogP contribution in [0.15, 0.2) is 48.5 Å². The zero-order valence-corrected chi connectivity index (χ0v) is 14.7. The summed E-state index contributed by atoms with van der Waals surface area (Å²) in [6.07, 6.45) is 2.04. The number of rotatable bonds is 6. The summed E-state index contributed by atoms with van der Waals surface area (Å²) in [6, 6.07) is 13.8. The summed E-state index contributed by atoms with van der Waals surface area (Å²) in [6.45, 7) is 1.21. The van der Waals surface area contributed by atoms with Crippen LogP contribution in [-0.4, -0.2) is 38.2 Å². The van der Waals surface area contributed by atoms with E-state index in [-0.39, 0.29) is 17.9 Å². The minimum atomic E-state index is -0.303. The summed E-state index contributed by atoms with van der Waals surface area (Å²) in [5, 5.41) is 5.68. The molecule has 1 aliphatic rings. The SMILES string of the molecule is COc1cccc(C(=O)Nc2ccccc2C(=O)NC[C@@H]2CCCO2)c1. The molecule has 0 spiro atoms. The van der Waals surface area contributed by atoms with Crippen molar-refractivity contribution in [3.05, 3.63) is 59.7 Å². The molecule has 0 aromatic heterocycles. The standard InChI is InChI=1S/C20H22N2O4/c1-25-15-7-4-6-14(12-15)19(23)22-18-10-3-2-9-17(18)20(24)21-13-16-8-5-11-26-16/h2-4,6-7,9-10,12,16H,5,8,11,13H2,1H3,(H,21,24)(H,22,23)/t16-/m0/s1. The Morgan fingerprint density at radius 1 is 1.15 bits per heavy atom. The van der Waals surface area contributed by atoms with Crippen LogP contribution in [-0.2, 0) is 4.74 Å². The second-order valence-electron chi connectivity index (χ2n) is 6.08. The van der Waals surface area contributed by atoms with E-state index in [1.807, 2.05) is 0 Å². The van der Waals surface area contributed by atoms with Crippen LogP contribution in [0.5, 0.6) is 5.75 Å². The Labute approximate surface area is 152 Å². The predicted octanol–water partition coefficient (Wildman–Crippen LogP) is 2.86. The third-order valence-electron chi connectivity index (χ3n) is 4.27. The highest BCUT2D eigenvalue weighted by molar-refractivity contribution is 6.09. The lowest BCUT2D eigenvalue weighted by molar-refractivity contribution is 0.0858. The minimum Gasteiger partial charge on any atom is -0.497 e. The number of carbonyl (C=O) groups excluding carboxylic acids is 2. The van der Waals surface area contributed by atoms with Crippen LogP contribution in [0, 0.1) is 0 Å². The number of anilines is 1. The number of para-hydroxylation sites is 1. The Kier molecular flexibility index (Phi) is 5.86. The minimum absolute atomic E-state index is 0.0671. The monoisotopic (exact) mass is 354 g/mol. The first-order chi connectivity index (χ1) is 12.7. The quantitative estimate of drug-likeness (QED) is 0.836. The summed E-state index contributed by atoms with van der Waals surface area (Å²) in [7, 11) is 1.55. The van der Waals surface area contributed by atoms with Crippen molar-refractivity contribution in [2.75, 3.05) is 25.6 Å². The van der Waals surface area contributed by atoms with Gasteiger partial charge in [0.15, 0.2) is 0 Å². The maximum Gasteiger partial charge on any atom is 0.255 e. The highest BCUT2D eigenvalue weighted by atomic mass is 16.5. The molecule has 26 heavy (non-hydrogen) atoms. The highest BCUT2D eigenvalue weighted by Crippen LogP contribution is 2.19. The van der Waals surface area contributed by atoms with Crippen LogP contribution >= 0.6 is 0 Å². The normalized spacial score (nSPS) is 16.1. The molecule has 2 aromatic rings. The van der Waals surface area contributed by atoms with Gasteiger partial charge in [-0.05, 0) is 43.2 Å². The number of carbonyl (C=O) groups is 2. The second-order valence-corrected chi connectivity index (χ2v) is 6.08. The van der Waals surface area contributed by atoms with E-state index in [0.29, 0.717) is 29.1 Å². The van der Waals surface area contributed by atoms with Gasteiger partial charge in [-0.2, -0.15) is 0 Å². The van der Waals surface area contributed by atoms with Crippen molar-refractivity contribution in [2.24, 2.45) is 0 Å². The molecule has 0 radical (unpaired) electrons. The predicted molar refractivity (Wildman–Crippen MR) is 98.7 cm³/mol. The van der Waals surface area contributed by atoms with E-state index < -0.39 is 0 Å². The molecule has 1 heterocycles. The average molecular weight is 354 g/mol. The second kappa shape index (κ2) is 8.49. The average Bonchev–Trinajstić information content (AvgIpc) is 3.20. The molecule has 2 N–H and O–H groups in total. The first kappa shape index (κ1) is 17.9. The van der Waals surface area contributed by atoms with Gasteiger partial charge in [0.1, 0.15) is 5.75 Å². The van der Waals surface area contributed by atoms with Crippen LogP contribution in [0.1, 0.15) is 33.6 Å². The van der Waals surface area contributed by atoms with E-state index in [4.69, 9.17) is 9.47 Å². The molecule has 136 valence electrons. The van der Waals surface area contributed by atoms with Gasteiger partial charge < -0.3 is 20.1 Å². The fourth-order valence-electron chi connectivity index (χ4n) is 2.86. The first-order valence-electron chi connectivity index (χ1n) is 8.61. The first-order valence-corrected chi connectivity index (χ1v) is 8.61. The van der Waals surface area contributed by atoms with Gasteiger partial charge in [0.2, 0.25) is 0 Å². The van der Waals surface area contributed by atoms with Crippen molar-refractivity contribution in [3.63, 3.8) is 0 Å². The smallest absolute Gasteiger partial charge is 0.255 e. The molecule has 0 aliphatic carbocycles. The Morgan fingerprint density at radius 2 is 2.00 bits per heavy atom. The highest BCUT2D eigenvalue weighted by Gasteiger charge is 2.18. The molecule has 0 saturated carbocycles. The van der Waals surface area contributed by atoms with Crippen LogP contribution in [0.3, 0.4) is 0 Å². The van der Waals surface area contributed by atoms with Crippen molar-refractivity contribution in [2.45, 2.75) is 18.9 Å². The van der Waals surface area contributed by atoms with E-state index >= 15 is 0 Å². The van der Waals surface area contributed by atoms with Gasteiger partial charge in [-0.3, -0.25) is 9.59 Å². The van der Waals surface area contributed by atoms with Gasteiger partial charge in [-0.15, -0.1) is 0 Å². The molecule has 1 fully saturated rings. The van der Waals surface area contributed by atoms with Crippen LogP contribution in [0.2, 0.25) is 0 Å². The van der Waals surface area contributed by atoms with E-state index in [0.717, 1.165) is 19.4 Å². The molecular formula is C20H22N2O4. The third-order valence-corrected chi connectivity index (χ3v) is 4.27. The number of hydrogen-bond acceptors (Lipinski definition) is 4. The molecule has 0 unspecified atom stereocenters. The van der Waals surface area contributed by atoms with Crippen molar-refractivity contribution in [1.29, 1.82) is 0 Å². The zero-order valence-electron chi connectivity index (χ0n) is 14.7. The lowest BCUT2D eigenvalue weighted by Crippen LogP contribution is -2.32. The molecule has 1 saturated heterocycles. The molecule has 6 heteroatoms. The number of hydrogen-bond donors (Lipinski definition) is 2. The topological polar surface area (TPSA) is 76.7 Å². The van der Waals surface area contributed by atoms with Crippen LogP contribution < -0.4 is 15.4 Å². The Morgan fingerprint density at radius 3 is 2.77 bits per heavy atom. The van der Waals surface area contributed by atoms with Crippen LogP contribution in [0.4, 0.5) is 5.69 Å². The number of methoxy groups -OCH3 is 1. The van der Waals surface area contributed by atoms with Crippen LogP contribution in [0.25, 0.3) is 0 Å². The van der Waals surface area contributed by atoms with E-state index in [1.54, 1.807) is 55.6 Å². The molecule has 3 rings (SSSR count). The van der Waals surface area contributed by atoms with Gasteiger partial charge in [-0.25, -0.2) is 0 Å². The van der Waals surface area contributed by atoms with Gasteiger partial charge in [-0.1, -0.05) is 18.2 Å². The van der Waals surface area contributed by atoms with E-state index in [9.17, 15) is 9.59 Å². The maximum absolute atomic E-state index is 12.5. The number of ether oxygens (including phenoxy) is 2. The molecule has 1 atom stereocenters. The van der Waals surface area contributed by atoms with Crippen molar-refractivity contribution in [1.82, 2.24) is 5.32 Å². The number of nitrogens with one attached hydrogen (secondary N) is 2. The lowest BCUT2D eigenvalue weighted by Gasteiger charge is -2.14. The summed E-state index contributed by atoms with van der Waals surface area (Å²) >= 11 is 0. The van der Waals surface area contributed by atoms with Gasteiger partial charge >= 0.3 is 0 Å². The Bertz CT molecular complexity index is 785. The molecule has 6 nitrogen and oxygen atoms in total. The summed E-state index contributed by atoms with van der Waals surface area (Å²) in [5.41, 5.74) is 1.34. The maximum atomic E-state index is 12.5. The Hall–Kier alpha value is -2.86. The number of amides is 2. The number of benzene rings is 2. The third kappa shape index (κ3) is 4.40. The summed E-state index contributed by atoms with van der Waals surface area (Å²) < 4.78 is 10.7. The van der Waals surface area contributed by atoms with Crippen molar-refractivity contribution in [3.8, 4) is 5.75 Å². The fourth-order valence-corrected chi connectivity index (χ4v) is 2.86. The molecule has 2 amide bonds. The Balaban J connectivity index is 1.69. The fraction of sp³-hybridized carbons (Fsp3) is 0.300. The largest absolute Gasteiger partial charge is 0.497 e. The van der Waals surface area contributed by atoms with Gasteiger partial charge in [0.05, 0.1) is 24.5 Å². The molecule has 2 aromatic carbocycles. The zero-order chi connectivity index (χ0) is 18.4. The van der Waals surface area contributed by atoms with Crippen molar-refractivity contribution >= 4 is 17.5 Å². The van der Waals surface area contributed by atoms with Crippen molar-refractivity contribution < 1.29 is 19.1 Å². The summed E-state index contributed by atoms with van der Waals surface area (Å²) in [4.78, 5) is 25.0.